The second kappa shape index (κ2) is 4.80. The number of benzene rings is 1. The number of aryl methyl sites for hydroxylation is 2. The fraction of sp³-hybridized carbons (Fsp3) is 0.231. The number of nitriles is 1. The van der Waals surface area contributed by atoms with Crippen molar-refractivity contribution in [3.63, 3.8) is 0 Å². The molecule has 92 valence electrons. The lowest BCUT2D eigenvalue weighted by Crippen LogP contribution is -2.04. The van der Waals surface area contributed by atoms with Gasteiger partial charge in [-0.15, -0.1) is 0 Å². The number of rotatable bonds is 3. The number of anilines is 1. The number of ether oxygens (including phenoxy) is 1. The summed E-state index contributed by atoms with van der Waals surface area (Å²) < 4.78 is 7.39. The van der Waals surface area contributed by atoms with Gasteiger partial charge in [-0.25, -0.2) is 0 Å². The van der Waals surface area contributed by atoms with Crippen molar-refractivity contribution in [1.82, 2.24) is 9.78 Å². The molecule has 0 spiro atoms. The van der Waals surface area contributed by atoms with Gasteiger partial charge in [0.25, 0.3) is 0 Å². The lowest BCUT2D eigenvalue weighted by Gasteiger charge is -2.08. The van der Waals surface area contributed by atoms with Crippen LogP contribution in [0.1, 0.15) is 17.0 Å². The molecule has 5 nitrogen and oxygen atoms in total. The summed E-state index contributed by atoms with van der Waals surface area (Å²) in [5.74, 6) is 0.577. The van der Waals surface area contributed by atoms with Crippen LogP contribution in [0.5, 0.6) is 5.75 Å². The lowest BCUT2D eigenvalue weighted by molar-refractivity contribution is 0.296. The van der Waals surface area contributed by atoms with E-state index in [-0.39, 0.29) is 0 Å². The van der Waals surface area contributed by atoms with Gasteiger partial charge in [-0.3, -0.25) is 4.68 Å². The first-order valence-corrected chi connectivity index (χ1v) is 5.52. The molecule has 0 amide bonds. The highest BCUT2D eigenvalue weighted by atomic mass is 16.5. The predicted molar refractivity (Wildman–Crippen MR) is 67.8 cm³/mol. The van der Waals surface area contributed by atoms with Crippen molar-refractivity contribution in [3.8, 4) is 11.8 Å². The molecule has 0 aliphatic rings. The van der Waals surface area contributed by atoms with Crippen LogP contribution in [0.25, 0.3) is 0 Å². The molecule has 0 fully saturated rings. The first-order chi connectivity index (χ1) is 8.60. The van der Waals surface area contributed by atoms with Crippen LogP contribution in [0.2, 0.25) is 0 Å². The third-order valence-corrected chi connectivity index (χ3v) is 2.61. The molecule has 0 unspecified atom stereocenters. The molecular formula is C13H14N4O. The Morgan fingerprint density at radius 2 is 2.22 bits per heavy atom. The van der Waals surface area contributed by atoms with Crippen LogP contribution in [0.4, 0.5) is 5.69 Å². The summed E-state index contributed by atoms with van der Waals surface area (Å²) in [6.45, 7) is 2.33. The highest BCUT2D eigenvalue weighted by Gasteiger charge is 2.05. The maximum atomic E-state index is 8.74. The molecule has 0 radical (unpaired) electrons. The zero-order chi connectivity index (χ0) is 13.1. The normalized spacial score (nSPS) is 10.1. The zero-order valence-electron chi connectivity index (χ0n) is 10.3. The Morgan fingerprint density at radius 3 is 2.78 bits per heavy atom. The molecule has 0 saturated carbocycles. The molecule has 1 aromatic carbocycles. The molecule has 0 aliphatic heterocycles. The lowest BCUT2D eigenvalue weighted by atomic mass is 10.2. The van der Waals surface area contributed by atoms with Gasteiger partial charge in [0.1, 0.15) is 12.4 Å². The van der Waals surface area contributed by atoms with E-state index in [1.807, 2.05) is 26.1 Å². The Bertz CT molecular complexity index is 610. The fourth-order valence-electron chi connectivity index (χ4n) is 1.70. The molecule has 2 N–H and O–H groups in total. The summed E-state index contributed by atoms with van der Waals surface area (Å²) in [5.41, 5.74) is 8.71. The molecule has 0 aliphatic carbocycles. The van der Waals surface area contributed by atoms with Crippen LogP contribution in [-0.4, -0.2) is 9.78 Å². The van der Waals surface area contributed by atoms with Gasteiger partial charge in [0, 0.05) is 7.05 Å². The molecule has 1 heterocycles. The van der Waals surface area contributed by atoms with E-state index in [0.717, 1.165) is 11.4 Å². The minimum absolute atomic E-state index is 0.396. The van der Waals surface area contributed by atoms with E-state index >= 15 is 0 Å². The van der Waals surface area contributed by atoms with Gasteiger partial charge in [0.2, 0.25) is 0 Å². The van der Waals surface area contributed by atoms with Crippen molar-refractivity contribution in [1.29, 1.82) is 5.26 Å². The average molecular weight is 242 g/mol. The second-order valence-electron chi connectivity index (χ2n) is 4.05. The predicted octanol–water partition coefficient (Wildman–Crippen LogP) is 1.76. The van der Waals surface area contributed by atoms with Crippen LogP contribution < -0.4 is 10.5 Å². The molecule has 1 aromatic heterocycles. The molecule has 0 bridgehead atoms. The van der Waals surface area contributed by atoms with Crippen molar-refractivity contribution in [2.24, 2.45) is 7.05 Å². The largest absolute Gasteiger partial charge is 0.485 e. The molecule has 5 heteroatoms. The Hall–Kier alpha value is -2.48. The van der Waals surface area contributed by atoms with Crippen molar-refractivity contribution in [2.75, 3.05) is 5.73 Å². The zero-order valence-corrected chi connectivity index (χ0v) is 10.3. The molecule has 0 saturated heterocycles. The van der Waals surface area contributed by atoms with E-state index in [2.05, 4.69) is 5.10 Å². The molecular weight excluding hydrogens is 228 g/mol. The highest BCUT2D eigenvalue weighted by molar-refractivity contribution is 5.56. The number of nitrogens with zero attached hydrogens (tertiary/aromatic N) is 3. The molecule has 2 aromatic rings. The highest BCUT2D eigenvalue weighted by Crippen LogP contribution is 2.23. The van der Waals surface area contributed by atoms with E-state index < -0.39 is 0 Å². The number of nitrogens with two attached hydrogens (primary N) is 1. The van der Waals surface area contributed by atoms with E-state index in [1.54, 1.807) is 22.9 Å². The maximum Gasteiger partial charge on any atom is 0.142 e. The summed E-state index contributed by atoms with van der Waals surface area (Å²) in [6.07, 6.45) is 0. The summed E-state index contributed by atoms with van der Waals surface area (Å²) >= 11 is 0. The summed E-state index contributed by atoms with van der Waals surface area (Å²) in [7, 11) is 1.87. The second-order valence-corrected chi connectivity index (χ2v) is 4.05. The minimum atomic E-state index is 0.396. The fourth-order valence-corrected chi connectivity index (χ4v) is 1.70. The number of nitrogen functional groups attached to an aromatic ring is 1. The van der Waals surface area contributed by atoms with E-state index in [0.29, 0.717) is 23.6 Å². The van der Waals surface area contributed by atoms with Gasteiger partial charge in [0.05, 0.1) is 28.7 Å². The summed E-state index contributed by atoms with van der Waals surface area (Å²) in [4.78, 5) is 0. The maximum absolute atomic E-state index is 8.74. The van der Waals surface area contributed by atoms with Gasteiger partial charge >= 0.3 is 0 Å². The third kappa shape index (κ3) is 2.43. The average Bonchev–Trinajstić information content (AvgIpc) is 2.66. The standard InChI is InChI=1S/C13H14N4O/c1-9-5-11(17(2)16-9)8-18-13-4-3-10(7-14)6-12(13)15/h3-6H,8,15H2,1-2H3. The Kier molecular flexibility index (Phi) is 3.20. The molecule has 18 heavy (non-hydrogen) atoms. The first-order valence-electron chi connectivity index (χ1n) is 5.52. The van der Waals surface area contributed by atoms with Crippen LogP contribution in [0, 0.1) is 18.3 Å². The number of hydrogen-bond acceptors (Lipinski definition) is 4. The van der Waals surface area contributed by atoms with Crippen LogP contribution in [0.15, 0.2) is 24.3 Å². The van der Waals surface area contributed by atoms with E-state index in [1.165, 1.54) is 0 Å². The van der Waals surface area contributed by atoms with Gasteiger partial charge in [-0.2, -0.15) is 10.4 Å². The Morgan fingerprint density at radius 1 is 1.44 bits per heavy atom. The summed E-state index contributed by atoms with van der Waals surface area (Å²) in [5, 5.41) is 13.0. The van der Waals surface area contributed by atoms with Crippen molar-refractivity contribution in [3.05, 3.63) is 41.2 Å². The van der Waals surface area contributed by atoms with Crippen molar-refractivity contribution in [2.45, 2.75) is 13.5 Å². The summed E-state index contributed by atoms with van der Waals surface area (Å²) in [6, 6.07) is 8.98. The van der Waals surface area contributed by atoms with Crippen molar-refractivity contribution >= 4 is 5.69 Å². The van der Waals surface area contributed by atoms with Crippen LogP contribution >= 0.6 is 0 Å². The van der Waals surface area contributed by atoms with Gasteiger partial charge < -0.3 is 10.5 Å². The van der Waals surface area contributed by atoms with E-state index in [9.17, 15) is 0 Å². The van der Waals surface area contributed by atoms with Crippen molar-refractivity contribution < 1.29 is 4.74 Å². The SMILES string of the molecule is Cc1cc(COc2ccc(C#N)cc2N)n(C)n1. The van der Waals surface area contributed by atoms with Gasteiger partial charge in [-0.1, -0.05) is 0 Å². The molecule has 2 rings (SSSR count). The smallest absolute Gasteiger partial charge is 0.142 e. The third-order valence-electron chi connectivity index (χ3n) is 2.61. The molecule has 0 atom stereocenters. The Balaban J connectivity index is 2.11. The topological polar surface area (TPSA) is 76.9 Å². The monoisotopic (exact) mass is 242 g/mol. The number of aromatic nitrogens is 2. The quantitative estimate of drug-likeness (QED) is 0.832. The van der Waals surface area contributed by atoms with Gasteiger partial charge in [0.15, 0.2) is 0 Å². The first kappa shape index (κ1) is 12.0. The van der Waals surface area contributed by atoms with E-state index in [4.69, 9.17) is 15.7 Å². The Labute approximate surface area is 105 Å². The minimum Gasteiger partial charge on any atom is -0.485 e. The van der Waals surface area contributed by atoms with Gasteiger partial charge in [-0.05, 0) is 31.2 Å². The number of hydrogen-bond donors (Lipinski definition) is 1. The van der Waals surface area contributed by atoms with Crippen LogP contribution in [0.3, 0.4) is 0 Å². The van der Waals surface area contributed by atoms with Crippen LogP contribution in [-0.2, 0) is 13.7 Å².